The van der Waals surface area contributed by atoms with Gasteiger partial charge in [-0.1, -0.05) is 12.2 Å². The van der Waals surface area contributed by atoms with Gasteiger partial charge in [0.1, 0.15) is 11.5 Å². The van der Waals surface area contributed by atoms with Gasteiger partial charge in [0.15, 0.2) is 0 Å². The van der Waals surface area contributed by atoms with Gasteiger partial charge in [0.2, 0.25) is 0 Å². The SMILES string of the molecule is O=C1[C@@H]2[C@H](C(=O)N1/N=C\c1ccc(O)cc1O)[C@@H]1C=C[C@H]2CC1. The summed E-state index contributed by atoms with van der Waals surface area (Å²) in [6.45, 7) is 0. The second-order valence-corrected chi connectivity index (χ2v) is 6.32. The summed E-state index contributed by atoms with van der Waals surface area (Å²) in [5.74, 6) is -1.07. The van der Waals surface area contributed by atoms with Crippen molar-refractivity contribution in [3.63, 3.8) is 0 Å². The lowest BCUT2D eigenvalue weighted by atomic mass is 9.63. The quantitative estimate of drug-likeness (QED) is 0.493. The zero-order valence-corrected chi connectivity index (χ0v) is 12.3. The van der Waals surface area contributed by atoms with E-state index in [2.05, 4.69) is 17.3 Å². The number of benzene rings is 1. The molecule has 1 saturated carbocycles. The molecule has 3 aliphatic carbocycles. The van der Waals surface area contributed by atoms with Crippen molar-refractivity contribution in [3.05, 3.63) is 35.9 Å². The van der Waals surface area contributed by atoms with Crippen molar-refractivity contribution in [1.82, 2.24) is 5.01 Å². The molecular formula is C17H16N2O4. The van der Waals surface area contributed by atoms with Crippen LogP contribution in [0.1, 0.15) is 18.4 Å². The first-order valence-corrected chi connectivity index (χ1v) is 7.68. The van der Waals surface area contributed by atoms with Gasteiger partial charge in [-0.15, -0.1) is 0 Å². The number of allylic oxidation sites excluding steroid dienone is 2. The van der Waals surface area contributed by atoms with E-state index >= 15 is 0 Å². The van der Waals surface area contributed by atoms with Crippen LogP contribution in [-0.4, -0.2) is 33.3 Å². The average molecular weight is 312 g/mol. The van der Waals surface area contributed by atoms with Gasteiger partial charge in [0, 0.05) is 11.6 Å². The highest BCUT2D eigenvalue weighted by Gasteiger charge is 2.56. The summed E-state index contributed by atoms with van der Waals surface area (Å²) in [5.41, 5.74) is 0.333. The van der Waals surface area contributed by atoms with Gasteiger partial charge >= 0.3 is 0 Å². The average Bonchev–Trinajstić information content (AvgIpc) is 2.82. The molecule has 6 nitrogen and oxygen atoms in total. The van der Waals surface area contributed by atoms with Crippen molar-refractivity contribution in [1.29, 1.82) is 0 Å². The number of aromatic hydroxyl groups is 2. The van der Waals surface area contributed by atoms with Crippen molar-refractivity contribution >= 4 is 18.0 Å². The number of hydrogen-bond donors (Lipinski definition) is 2. The van der Waals surface area contributed by atoms with E-state index in [1.807, 2.05) is 0 Å². The van der Waals surface area contributed by atoms with Gasteiger partial charge < -0.3 is 10.2 Å². The molecule has 6 heteroatoms. The number of hydrogen-bond acceptors (Lipinski definition) is 5. The molecular weight excluding hydrogens is 296 g/mol. The highest BCUT2D eigenvalue weighted by atomic mass is 16.3. The number of phenols is 2. The fraction of sp³-hybridized carbons (Fsp3) is 0.353. The van der Waals surface area contributed by atoms with Gasteiger partial charge in [-0.2, -0.15) is 10.1 Å². The summed E-state index contributed by atoms with van der Waals surface area (Å²) in [7, 11) is 0. The number of carbonyl (C=O) groups excluding carboxylic acids is 2. The van der Waals surface area contributed by atoms with Crippen molar-refractivity contribution in [2.24, 2.45) is 28.8 Å². The highest BCUT2D eigenvalue weighted by molar-refractivity contribution is 6.06. The van der Waals surface area contributed by atoms with Gasteiger partial charge in [-0.25, -0.2) is 0 Å². The molecule has 23 heavy (non-hydrogen) atoms. The smallest absolute Gasteiger partial charge is 0.254 e. The Labute approximate surface area is 132 Å². The van der Waals surface area contributed by atoms with Crippen molar-refractivity contribution in [3.8, 4) is 11.5 Å². The predicted octanol–water partition coefficient (Wildman–Crippen LogP) is 1.63. The van der Waals surface area contributed by atoms with E-state index in [1.165, 1.54) is 24.4 Å². The predicted molar refractivity (Wildman–Crippen MR) is 81.6 cm³/mol. The molecule has 0 aromatic heterocycles. The molecule has 5 rings (SSSR count). The first-order valence-electron chi connectivity index (χ1n) is 7.68. The van der Waals surface area contributed by atoms with Crippen LogP contribution in [0.4, 0.5) is 0 Å². The molecule has 1 saturated heterocycles. The fourth-order valence-electron chi connectivity index (χ4n) is 3.93. The van der Waals surface area contributed by atoms with Crippen molar-refractivity contribution in [2.75, 3.05) is 0 Å². The summed E-state index contributed by atoms with van der Waals surface area (Å²) < 4.78 is 0. The van der Waals surface area contributed by atoms with E-state index in [9.17, 15) is 19.8 Å². The fourth-order valence-corrected chi connectivity index (χ4v) is 3.93. The zero-order chi connectivity index (χ0) is 16.1. The van der Waals surface area contributed by atoms with Crippen LogP contribution in [0.25, 0.3) is 0 Å². The van der Waals surface area contributed by atoms with Crippen LogP contribution in [0, 0.1) is 23.7 Å². The summed E-state index contributed by atoms with van der Waals surface area (Å²) in [6.07, 6.45) is 7.27. The summed E-state index contributed by atoms with van der Waals surface area (Å²) >= 11 is 0. The molecule has 1 heterocycles. The Morgan fingerprint density at radius 1 is 1.04 bits per heavy atom. The van der Waals surface area contributed by atoms with Crippen molar-refractivity contribution in [2.45, 2.75) is 12.8 Å². The van der Waals surface area contributed by atoms with Crippen LogP contribution >= 0.6 is 0 Å². The Hall–Kier alpha value is -2.63. The van der Waals surface area contributed by atoms with Gasteiger partial charge in [0.25, 0.3) is 11.8 Å². The second kappa shape index (κ2) is 4.94. The molecule has 1 aromatic carbocycles. The van der Waals surface area contributed by atoms with Crippen LogP contribution in [0.2, 0.25) is 0 Å². The largest absolute Gasteiger partial charge is 0.508 e. The van der Waals surface area contributed by atoms with E-state index in [4.69, 9.17) is 0 Å². The van der Waals surface area contributed by atoms with E-state index in [-0.39, 0.29) is 47.0 Å². The first-order chi connectivity index (χ1) is 11.1. The summed E-state index contributed by atoms with van der Waals surface area (Å²) in [6, 6.07) is 4.05. The number of rotatable bonds is 2. The number of nitrogens with zero attached hydrogens (tertiary/aromatic N) is 2. The highest BCUT2D eigenvalue weighted by Crippen LogP contribution is 2.49. The number of hydrazone groups is 1. The molecule has 118 valence electrons. The first kappa shape index (κ1) is 14.0. The summed E-state index contributed by atoms with van der Waals surface area (Å²) in [5, 5.41) is 24.0. The zero-order valence-electron chi connectivity index (χ0n) is 12.3. The van der Waals surface area contributed by atoms with Crippen molar-refractivity contribution < 1.29 is 19.8 Å². The molecule has 1 aliphatic heterocycles. The summed E-state index contributed by atoms with van der Waals surface area (Å²) in [4.78, 5) is 25.1. The van der Waals surface area contributed by atoms with Crippen LogP contribution in [0.15, 0.2) is 35.5 Å². The molecule has 4 atom stereocenters. The maximum atomic E-state index is 12.6. The monoisotopic (exact) mass is 312 g/mol. The normalized spacial score (nSPS) is 32.1. The third-order valence-electron chi connectivity index (χ3n) is 5.06. The van der Waals surface area contributed by atoms with Crippen LogP contribution < -0.4 is 0 Å². The molecule has 2 amide bonds. The molecule has 2 N–H and O–H groups in total. The molecule has 0 unspecified atom stereocenters. The second-order valence-electron chi connectivity index (χ2n) is 6.32. The molecule has 0 radical (unpaired) electrons. The third kappa shape index (κ3) is 2.05. The van der Waals surface area contributed by atoms with Crippen LogP contribution in [0.3, 0.4) is 0 Å². The number of imide groups is 1. The minimum Gasteiger partial charge on any atom is -0.508 e. The lowest BCUT2D eigenvalue weighted by molar-refractivity contribution is -0.140. The Balaban J connectivity index is 1.62. The van der Waals surface area contributed by atoms with Gasteiger partial charge in [-0.05, 0) is 36.8 Å². The maximum Gasteiger partial charge on any atom is 0.254 e. The Morgan fingerprint density at radius 2 is 1.65 bits per heavy atom. The number of carbonyl (C=O) groups is 2. The van der Waals surface area contributed by atoms with Gasteiger partial charge in [-0.3, -0.25) is 9.59 Å². The van der Waals surface area contributed by atoms with Gasteiger partial charge in [0.05, 0.1) is 18.1 Å². The topological polar surface area (TPSA) is 90.2 Å². The van der Waals surface area contributed by atoms with E-state index in [1.54, 1.807) is 0 Å². The lowest BCUT2D eigenvalue weighted by Crippen LogP contribution is -2.38. The minimum atomic E-state index is -0.295. The maximum absolute atomic E-state index is 12.6. The van der Waals surface area contributed by atoms with E-state index in [0.29, 0.717) is 5.56 Å². The Morgan fingerprint density at radius 3 is 2.17 bits per heavy atom. The molecule has 2 fully saturated rings. The number of amides is 2. The number of phenolic OH excluding ortho intramolecular Hbond substituents is 2. The molecule has 4 aliphatic rings. The Bertz CT molecular complexity index is 723. The van der Waals surface area contributed by atoms with Crippen LogP contribution in [0.5, 0.6) is 11.5 Å². The number of fused-ring (bicyclic) bond motifs is 1. The van der Waals surface area contributed by atoms with Crippen LogP contribution in [-0.2, 0) is 9.59 Å². The van der Waals surface area contributed by atoms with E-state index in [0.717, 1.165) is 17.9 Å². The molecule has 2 bridgehead atoms. The third-order valence-corrected chi connectivity index (χ3v) is 5.06. The minimum absolute atomic E-state index is 0.0679. The molecule has 0 spiro atoms. The Kier molecular flexibility index (Phi) is 3.01. The lowest BCUT2D eigenvalue weighted by Gasteiger charge is -2.37. The standard InChI is InChI=1S/C17H16N2O4/c20-12-6-5-11(13(21)7-12)8-18-19-16(22)14-9-1-2-10(4-3-9)15(14)17(19)23/h1-2,5-10,14-15,20-21H,3-4H2/b18-8-/t9-,10+,14-,15+. The molecule has 1 aromatic rings. The van der Waals surface area contributed by atoms with E-state index < -0.39 is 0 Å².